The molecule has 0 aromatic heterocycles. The molecule has 0 bridgehead atoms. The second-order valence-electron chi connectivity index (χ2n) is 4.05. The molecule has 1 aromatic carbocycles. The molecule has 0 radical (unpaired) electrons. The Hall–Kier alpha value is -0.860. The lowest BCUT2D eigenvalue weighted by Crippen LogP contribution is -2.46. The van der Waals surface area contributed by atoms with E-state index in [1.807, 2.05) is 0 Å². The molecule has 0 N–H and O–H groups in total. The molecule has 1 aliphatic heterocycles. The molecule has 15 heavy (non-hydrogen) atoms. The molecule has 2 rings (SSSR count). The van der Waals surface area contributed by atoms with Crippen LogP contribution in [-0.2, 0) is 11.2 Å². The minimum Gasteiger partial charge on any atom is -0.378 e. The topological polar surface area (TPSA) is 12.5 Å². The number of ether oxygens (including phenoxy) is 1. The van der Waals surface area contributed by atoms with Crippen LogP contribution in [0.5, 0.6) is 0 Å². The highest BCUT2D eigenvalue weighted by Gasteiger charge is 2.21. The molecule has 0 spiro atoms. The van der Waals surface area contributed by atoms with E-state index in [9.17, 15) is 0 Å². The average Bonchev–Trinajstić information content (AvgIpc) is 2.31. The summed E-state index contributed by atoms with van der Waals surface area (Å²) >= 11 is 0. The van der Waals surface area contributed by atoms with E-state index in [2.05, 4.69) is 42.2 Å². The fraction of sp³-hybridized carbons (Fsp3) is 0.538. The second kappa shape index (κ2) is 5.29. The number of hydrogen-bond acceptors (Lipinski definition) is 2. The van der Waals surface area contributed by atoms with Crippen molar-refractivity contribution in [3.63, 3.8) is 0 Å². The Morgan fingerprint density at radius 2 is 2.13 bits per heavy atom. The van der Waals surface area contributed by atoms with Crippen molar-refractivity contribution in [1.82, 2.24) is 4.90 Å². The molecule has 82 valence electrons. The predicted molar refractivity (Wildman–Crippen MR) is 62.0 cm³/mol. The van der Waals surface area contributed by atoms with Gasteiger partial charge >= 0.3 is 0 Å². The molecule has 1 aromatic rings. The standard InChI is InChI=1S/C13H19NO/c1-2-14-8-9-15-11-13(14)10-12-6-4-3-5-7-12/h3-7,13H,2,8-11H2,1H3. The number of benzene rings is 1. The van der Waals surface area contributed by atoms with Gasteiger partial charge in [-0.25, -0.2) is 0 Å². The third kappa shape index (κ3) is 2.80. The summed E-state index contributed by atoms with van der Waals surface area (Å²) in [6.45, 7) is 6.19. The Balaban J connectivity index is 1.97. The van der Waals surface area contributed by atoms with Crippen molar-refractivity contribution in [2.45, 2.75) is 19.4 Å². The maximum absolute atomic E-state index is 5.54. The van der Waals surface area contributed by atoms with E-state index in [0.29, 0.717) is 6.04 Å². The van der Waals surface area contributed by atoms with Crippen LogP contribution in [0.15, 0.2) is 30.3 Å². The summed E-state index contributed by atoms with van der Waals surface area (Å²) < 4.78 is 5.54. The van der Waals surface area contributed by atoms with E-state index < -0.39 is 0 Å². The minimum atomic E-state index is 0.561. The van der Waals surface area contributed by atoms with Gasteiger partial charge in [-0.3, -0.25) is 4.90 Å². The molecule has 1 aliphatic rings. The Kier molecular flexibility index (Phi) is 3.75. The molecule has 1 heterocycles. The number of rotatable bonds is 3. The maximum atomic E-state index is 5.54. The third-order valence-electron chi connectivity index (χ3n) is 3.07. The van der Waals surface area contributed by atoms with Crippen LogP contribution in [0.2, 0.25) is 0 Å². The van der Waals surface area contributed by atoms with Gasteiger partial charge in [0.2, 0.25) is 0 Å². The molecule has 1 atom stereocenters. The van der Waals surface area contributed by atoms with Crippen LogP contribution in [0.1, 0.15) is 12.5 Å². The van der Waals surface area contributed by atoms with Gasteiger partial charge in [0.1, 0.15) is 0 Å². The molecule has 1 saturated heterocycles. The van der Waals surface area contributed by atoms with E-state index in [-0.39, 0.29) is 0 Å². The Morgan fingerprint density at radius 3 is 2.87 bits per heavy atom. The molecule has 0 aliphatic carbocycles. The van der Waals surface area contributed by atoms with Crippen LogP contribution in [0.25, 0.3) is 0 Å². The van der Waals surface area contributed by atoms with Crippen LogP contribution in [0.4, 0.5) is 0 Å². The first-order valence-electron chi connectivity index (χ1n) is 5.76. The van der Waals surface area contributed by atoms with Gasteiger partial charge in [-0.1, -0.05) is 37.3 Å². The van der Waals surface area contributed by atoms with Crippen LogP contribution in [0, 0.1) is 0 Å². The van der Waals surface area contributed by atoms with E-state index >= 15 is 0 Å². The summed E-state index contributed by atoms with van der Waals surface area (Å²) in [5.74, 6) is 0. The second-order valence-corrected chi connectivity index (χ2v) is 4.05. The number of nitrogens with zero attached hydrogens (tertiary/aromatic N) is 1. The highest BCUT2D eigenvalue weighted by atomic mass is 16.5. The first-order valence-corrected chi connectivity index (χ1v) is 5.76. The average molecular weight is 205 g/mol. The van der Waals surface area contributed by atoms with Gasteiger partial charge in [0, 0.05) is 12.6 Å². The van der Waals surface area contributed by atoms with Gasteiger partial charge in [0.15, 0.2) is 0 Å². The van der Waals surface area contributed by atoms with Crippen molar-refractivity contribution in [3.8, 4) is 0 Å². The molecule has 1 unspecified atom stereocenters. The molecule has 2 heteroatoms. The zero-order chi connectivity index (χ0) is 10.5. The van der Waals surface area contributed by atoms with E-state index in [4.69, 9.17) is 4.74 Å². The summed E-state index contributed by atoms with van der Waals surface area (Å²) in [7, 11) is 0. The quantitative estimate of drug-likeness (QED) is 0.748. The van der Waals surface area contributed by atoms with E-state index in [1.165, 1.54) is 5.56 Å². The lowest BCUT2D eigenvalue weighted by atomic mass is 10.0. The predicted octanol–water partition coefficient (Wildman–Crippen LogP) is 1.95. The number of hydrogen-bond donors (Lipinski definition) is 0. The number of morpholine rings is 1. The number of likely N-dealkylation sites (N-methyl/N-ethyl adjacent to an activating group) is 1. The smallest absolute Gasteiger partial charge is 0.0625 e. The van der Waals surface area contributed by atoms with Crippen molar-refractivity contribution in [2.75, 3.05) is 26.3 Å². The van der Waals surface area contributed by atoms with Crippen LogP contribution in [0.3, 0.4) is 0 Å². The van der Waals surface area contributed by atoms with Gasteiger partial charge in [-0.05, 0) is 18.5 Å². The highest BCUT2D eigenvalue weighted by Crippen LogP contribution is 2.12. The largest absolute Gasteiger partial charge is 0.378 e. The lowest BCUT2D eigenvalue weighted by molar-refractivity contribution is -0.00439. The first kappa shape index (κ1) is 10.7. The fourth-order valence-electron chi connectivity index (χ4n) is 2.18. The normalized spacial score (nSPS) is 22.9. The zero-order valence-corrected chi connectivity index (χ0v) is 9.36. The summed E-state index contributed by atoms with van der Waals surface area (Å²) in [5, 5.41) is 0. The summed E-state index contributed by atoms with van der Waals surface area (Å²) in [6, 6.07) is 11.2. The van der Waals surface area contributed by atoms with E-state index in [0.717, 1.165) is 32.7 Å². The summed E-state index contributed by atoms with van der Waals surface area (Å²) in [4.78, 5) is 2.51. The monoisotopic (exact) mass is 205 g/mol. The van der Waals surface area contributed by atoms with E-state index in [1.54, 1.807) is 0 Å². The molecule has 0 saturated carbocycles. The van der Waals surface area contributed by atoms with Gasteiger partial charge in [-0.15, -0.1) is 0 Å². The van der Waals surface area contributed by atoms with Crippen molar-refractivity contribution in [2.24, 2.45) is 0 Å². The molecule has 1 fully saturated rings. The fourth-order valence-corrected chi connectivity index (χ4v) is 2.18. The van der Waals surface area contributed by atoms with Crippen LogP contribution >= 0.6 is 0 Å². The molecular weight excluding hydrogens is 186 g/mol. The summed E-state index contributed by atoms with van der Waals surface area (Å²) in [6.07, 6.45) is 1.11. The molecule has 0 amide bonds. The summed E-state index contributed by atoms with van der Waals surface area (Å²) in [5.41, 5.74) is 1.41. The zero-order valence-electron chi connectivity index (χ0n) is 9.36. The van der Waals surface area contributed by atoms with Gasteiger partial charge < -0.3 is 4.74 Å². The minimum absolute atomic E-state index is 0.561. The maximum Gasteiger partial charge on any atom is 0.0625 e. The third-order valence-corrected chi connectivity index (χ3v) is 3.07. The van der Waals surface area contributed by atoms with Crippen molar-refractivity contribution in [3.05, 3.63) is 35.9 Å². The van der Waals surface area contributed by atoms with Gasteiger partial charge in [0.25, 0.3) is 0 Å². The molecule has 2 nitrogen and oxygen atoms in total. The highest BCUT2D eigenvalue weighted by molar-refractivity contribution is 5.16. The first-order chi connectivity index (χ1) is 7.40. The van der Waals surface area contributed by atoms with Gasteiger partial charge in [-0.2, -0.15) is 0 Å². The van der Waals surface area contributed by atoms with Crippen LogP contribution < -0.4 is 0 Å². The Bertz CT molecular complexity index is 286. The Morgan fingerprint density at radius 1 is 1.33 bits per heavy atom. The lowest BCUT2D eigenvalue weighted by Gasteiger charge is -2.34. The van der Waals surface area contributed by atoms with Crippen LogP contribution in [-0.4, -0.2) is 37.2 Å². The SMILES string of the molecule is CCN1CCOCC1Cc1ccccc1. The van der Waals surface area contributed by atoms with Crippen molar-refractivity contribution in [1.29, 1.82) is 0 Å². The van der Waals surface area contributed by atoms with Gasteiger partial charge in [0.05, 0.1) is 13.2 Å². The van der Waals surface area contributed by atoms with Crippen molar-refractivity contribution < 1.29 is 4.74 Å². The Labute approximate surface area is 91.9 Å². The van der Waals surface area contributed by atoms with Crippen molar-refractivity contribution >= 4 is 0 Å². The molecular formula is C13H19NO.